The smallest absolute Gasteiger partial charge is 0.254 e. The van der Waals surface area contributed by atoms with Crippen LogP contribution in [0, 0.1) is 6.92 Å². The summed E-state index contributed by atoms with van der Waals surface area (Å²) in [4.78, 5) is 19.2. The largest absolute Gasteiger partial charge is 0.436 e. The fraction of sp³-hybridized carbons (Fsp3) is 0.273. The number of aryl methyl sites for hydroxylation is 1. The molecule has 0 bridgehead atoms. The lowest BCUT2D eigenvalue weighted by Crippen LogP contribution is -2.40. The Kier molecular flexibility index (Phi) is 4.77. The van der Waals surface area contributed by atoms with Crippen molar-refractivity contribution in [3.63, 3.8) is 0 Å². The van der Waals surface area contributed by atoms with Crippen LogP contribution in [0.3, 0.4) is 0 Å². The zero-order valence-corrected chi connectivity index (χ0v) is 15.3. The summed E-state index contributed by atoms with van der Waals surface area (Å²) >= 11 is 0. The number of rotatable bonds is 3. The van der Waals surface area contributed by atoms with Crippen molar-refractivity contribution in [3.05, 3.63) is 65.9 Å². The molecule has 1 amide bonds. The molecule has 4 rings (SSSR count). The molecule has 1 aliphatic rings. The second-order valence-electron chi connectivity index (χ2n) is 6.96. The predicted octanol–water partition coefficient (Wildman–Crippen LogP) is 3.91. The summed E-state index contributed by atoms with van der Waals surface area (Å²) in [6, 6.07) is 15.4. The van der Waals surface area contributed by atoms with E-state index in [1.807, 2.05) is 49.4 Å². The van der Waals surface area contributed by atoms with Crippen molar-refractivity contribution in [2.45, 2.75) is 25.9 Å². The van der Waals surface area contributed by atoms with E-state index in [4.69, 9.17) is 4.42 Å². The molecule has 1 fully saturated rings. The molecule has 0 unspecified atom stereocenters. The minimum Gasteiger partial charge on any atom is -0.436 e. The van der Waals surface area contributed by atoms with Crippen molar-refractivity contribution in [2.75, 3.05) is 13.1 Å². The van der Waals surface area contributed by atoms with Gasteiger partial charge in [-0.1, -0.05) is 42.0 Å². The summed E-state index contributed by atoms with van der Waals surface area (Å²) in [6.07, 6.45) is 2.61. The lowest BCUT2D eigenvalue weighted by Gasteiger charge is -2.30. The van der Waals surface area contributed by atoms with Crippen LogP contribution in [-0.4, -0.2) is 40.1 Å². The van der Waals surface area contributed by atoms with Crippen LogP contribution < -0.4 is 0 Å². The molecular weight excluding hydrogens is 340 g/mol. The van der Waals surface area contributed by atoms with Crippen LogP contribution in [0.4, 0.5) is 0 Å². The Morgan fingerprint density at radius 3 is 2.56 bits per heavy atom. The van der Waals surface area contributed by atoms with Gasteiger partial charge in [-0.3, -0.25) is 4.79 Å². The molecule has 0 aliphatic carbocycles. The average Bonchev–Trinajstić information content (AvgIpc) is 3.19. The Bertz CT molecular complexity index is 938. The first-order valence-corrected chi connectivity index (χ1v) is 9.21. The molecule has 138 valence electrons. The van der Waals surface area contributed by atoms with Gasteiger partial charge in [-0.2, -0.15) is 0 Å². The molecule has 1 aliphatic heterocycles. The summed E-state index contributed by atoms with van der Waals surface area (Å²) in [5.74, 6) is 1.06. The fourth-order valence-electron chi connectivity index (χ4n) is 3.35. The highest BCUT2D eigenvalue weighted by Gasteiger charge is 2.25. The lowest BCUT2D eigenvalue weighted by atomic mass is 10.0. The third kappa shape index (κ3) is 3.64. The van der Waals surface area contributed by atoms with Crippen molar-refractivity contribution in [3.8, 4) is 22.8 Å². The van der Waals surface area contributed by atoms with E-state index in [0.717, 1.165) is 5.56 Å². The first-order valence-electron chi connectivity index (χ1n) is 9.21. The maximum absolute atomic E-state index is 13.0. The first kappa shape index (κ1) is 17.5. The maximum Gasteiger partial charge on any atom is 0.254 e. The minimum atomic E-state index is -0.312. The van der Waals surface area contributed by atoms with Gasteiger partial charge in [0.2, 0.25) is 5.89 Å². The lowest BCUT2D eigenvalue weighted by molar-refractivity contribution is 0.0547. The molecule has 3 aromatic rings. The quantitative estimate of drug-likeness (QED) is 0.767. The molecule has 1 aromatic heterocycles. The molecule has 5 nitrogen and oxygen atoms in total. The first-order chi connectivity index (χ1) is 13.1. The van der Waals surface area contributed by atoms with Gasteiger partial charge >= 0.3 is 0 Å². The molecule has 5 heteroatoms. The number of aliphatic hydroxyl groups is 1. The molecule has 1 saturated heterocycles. The van der Waals surface area contributed by atoms with Gasteiger partial charge in [-0.15, -0.1) is 0 Å². The van der Waals surface area contributed by atoms with E-state index >= 15 is 0 Å². The molecule has 2 aromatic carbocycles. The van der Waals surface area contributed by atoms with Crippen molar-refractivity contribution >= 4 is 5.91 Å². The van der Waals surface area contributed by atoms with Crippen LogP contribution in [0.2, 0.25) is 0 Å². The number of carbonyl (C=O) groups is 1. The van der Waals surface area contributed by atoms with Gasteiger partial charge in [0.15, 0.2) is 5.76 Å². The summed E-state index contributed by atoms with van der Waals surface area (Å²) in [5.41, 5.74) is 3.40. The van der Waals surface area contributed by atoms with Crippen molar-refractivity contribution < 1.29 is 14.3 Å². The summed E-state index contributed by atoms with van der Waals surface area (Å²) in [5, 5.41) is 9.68. The number of nitrogens with zero attached hydrogens (tertiary/aromatic N) is 2. The highest BCUT2D eigenvalue weighted by Crippen LogP contribution is 2.29. The number of piperidine rings is 1. The molecule has 2 heterocycles. The molecule has 0 radical (unpaired) electrons. The monoisotopic (exact) mass is 362 g/mol. The Balaban J connectivity index is 1.63. The number of benzene rings is 2. The number of hydrogen-bond acceptors (Lipinski definition) is 4. The van der Waals surface area contributed by atoms with Crippen molar-refractivity contribution in [2.24, 2.45) is 0 Å². The third-order valence-corrected chi connectivity index (χ3v) is 4.98. The Labute approximate surface area is 158 Å². The van der Waals surface area contributed by atoms with Crippen LogP contribution in [-0.2, 0) is 0 Å². The molecule has 27 heavy (non-hydrogen) atoms. The van der Waals surface area contributed by atoms with Gasteiger partial charge in [-0.25, -0.2) is 4.98 Å². The topological polar surface area (TPSA) is 66.6 Å². The van der Waals surface area contributed by atoms with Crippen LogP contribution in [0.5, 0.6) is 0 Å². The van der Waals surface area contributed by atoms with Gasteiger partial charge in [0.25, 0.3) is 5.91 Å². The highest BCUT2D eigenvalue weighted by molar-refractivity contribution is 6.00. The van der Waals surface area contributed by atoms with Crippen LogP contribution >= 0.6 is 0 Å². The summed E-state index contributed by atoms with van der Waals surface area (Å²) in [7, 11) is 0. The zero-order valence-electron chi connectivity index (χ0n) is 15.3. The Morgan fingerprint density at radius 1 is 1.11 bits per heavy atom. The SMILES string of the molecule is Cc1ccc(-c2cnc(-c3ccccc3C(=O)N3CCC(O)CC3)o2)cc1. The van der Waals surface area contributed by atoms with E-state index in [-0.39, 0.29) is 12.0 Å². The van der Waals surface area contributed by atoms with Crippen LogP contribution in [0.15, 0.2) is 59.1 Å². The van der Waals surface area contributed by atoms with Crippen molar-refractivity contribution in [1.82, 2.24) is 9.88 Å². The Morgan fingerprint density at radius 2 is 1.81 bits per heavy atom. The normalized spacial score (nSPS) is 15.1. The zero-order chi connectivity index (χ0) is 18.8. The van der Waals surface area contributed by atoms with E-state index in [0.29, 0.717) is 48.7 Å². The van der Waals surface area contributed by atoms with E-state index in [9.17, 15) is 9.90 Å². The number of hydrogen-bond donors (Lipinski definition) is 1. The van der Waals surface area contributed by atoms with Gasteiger partial charge in [-0.05, 0) is 31.9 Å². The molecule has 1 N–H and O–H groups in total. The summed E-state index contributed by atoms with van der Waals surface area (Å²) in [6.45, 7) is 3.17. The van der Waals surface area contributed by atoms with E-state index in [1.54, 1.807) is 17.2 Å². The third-order valence-electron chi connectivity index (χ3n) is 4.98. The predicted molar refractivity (Wildman–Crippen MR) is 103 cm³/mol. The van der Waals surface area contributed by atoms with Gasteiger partial charge < -0.3 is 14.4 Å². The molecule has 0 saturated carbocycles. The number of likely N-dealkylation sites (tertiary alicyclic amines) is 1. The maximum atomic E-state index is 13.0. The number of carbonyl (C=O) groups excluding carboxylic acids is 1. The Hall–Kier alpha value is -2.92. The second kappa shape index (κ2) is 7.37. The minimum absolute atomic E-state index is 0.0485. The average molecular weight is 362 g/mol. The van der Waals surface area contributed by atoms with Gasteiger partial charge in [0.05, 0.1) is 17.9 Å². The van der Waals surface area contributed by atoms with Crippen molar-refractivity contribution in [1.29, 1.82) is 0 Å². The number of aliphatic hydroxyl groups excluding tert-OH is 1. The molecule has 0 spiro atoms. The van der Waals surface area contributed by atoms with E-state index in [2.05, 4.69) is 4.98 Å². The number of oxazole rings is 1. The number of aromatic nitrogens is 1. The second-order valence-corrected chi connectivity index (χ2v) is 6.96. The van der Waals surface area contributed by atoms with Gasteiger partial charge in [0.1, 0.15) is 0 Å². The van der Waals surface area contributed by atoms with Crippen LogP contribution in [0.25, 0.3) is 22.8 Å². The van der Waals surface area contributed by atoms with E-state index < -0.39 is 0 Å². The highest BCUT2D eigenvalue weighted by atomic mass is 16.4. The van der Waals surface area contributed by atoms with Crippen LogP contribution in [0.1, 0.15) is 28.8 Å². The fourth-order valence-corrected chi connectivity index (χ4v) is 3.35. The molecular formula is C22H22N2O3. The summed E-state index contributed by atoms with van der Waals surface area (Å²) < 4.78 is 5.97. The number of amides is 1. The van der Waals surface area contributed by atoms with E-state index in [1.165, 1.54) is 5.56 Å². The standard InChI is InChI=1S/C22H22N2O3/c1-15-6-8-16(9-7-15)20-14-23-21(27-20)18-4-2-3-5-19(18)22(26)24-12-10-17(25)11-13-24/h2-9,14,17,25H,10-13H2,1H3. The van der Waals surface area contributed by atoms with Gasteiger partial charge in [0, 0.05) is 24.2 Å². The molecule has 0 atom stereocenters.